The summed E-state index contributed by atoms with van der Waals surface area (Å²) in [5.74, 6) is 1.86. The molecular formula is C11H16O3S3. The molecule has 0 amide bonds. The summed E-state index contributed by atoms with van der Waals surface area (Å²) in [6.45, 7) is 0. The molecule has 0 N–H and O–H groups in total. The molecule has 0 aliphatic carbocycles. The molecule has 0 unspecified atom stereocenters. The largest absolute Gasteiger partial charge is 0.293 e. The van der Waals surface area contributed by atoms with E-state index in [2.05, 4.69) is 0 Å². The molecule has 1 heterocycles. The van der Waals surface area contributed by atoms with E-state index in [-0.39, 0.29) is 11.5 Å². The highest BCUT2D eigenvalue weighted by atomic mass is 32.2. The molecule has 0 bridgehead atoms. The van der Waals surface area contributed by atoms with E-state index in [4.69, 9.17) is 0 Å². The fourth-order valence-electron chi connectivity index (χ4n) is 1.21. The summed E-state index contributed by atoms with van der Waals surface area (Å²) < 4.78 is 21.7. The van der Waals surface area contributed by atoms with Crippen LogP contribution in [-0.2, 0) is 9.84 Å². The van der Waals surface area contributed by atoms with Gasteiger partial charge in [-0.05, 0) is 23.6 Å². The van der Waals surface area contributed by atoms with E-state index in [0.717, 1.165) is 17.1 Å². The van der Waals surface area contributed by atoms with Crippen molar-refractivity contribution in [1.29, 1.82) is 0 Å². The Morgan fingerprint density at radius 1 is 1.41 bits per heavy atom. The van der Waals surface area contributed by atoms with Crippen molar-refractivity contribution in [2.75, 3.05) is 23.5 Å². The number of hydrogen-bond acceptors (Lipinski definition) is 5. The number of sulfone groups is 1. The Labute approximate surface area is 111 Å². The lowest BCUT2D eigenvalue weighted by Crippen LogP contribution is -2.05. The Bertz CT molecular complexity index is 435. The van der Waals surface area contributed by atoms with E-state index in [0.29, 0.717) is 12.2 Å². The Morgan fingerprint density at radius 2 is 2.18 bits per heavy atom. The number of ketones is 1. The predicted molar refractivity (Wildman–Crippen MR) is 74.9 cm³/mol. The Balaban J connectivity index is 2.07. The zero-order valence-electron chi connectivity index (χ0n) is 9.72. The van der Waals surface area contributed by atoms with Crippen LogP contribution in [0.15, 0.2) is 17.5 Å². The highest BCUT2D eigenvalue weighted by Gasteiger charge is 2.06. The molecule has 0 radical (unpaired) electrons. The van der Waals surface area contributed by atoms with E-state index in [1.807, 2.05) is 17.5 Å². The summed E-state index contributed by atoms with van der Waals surface area (Å²) in [4.78, 5) is 12.4. The van der Waals surface area contributed by atoms with Crippen LogP contribution in [0.1, 0.15) is 22.5 Å². The van der Waals surface area contributed by atoms with Crippen LogP contribution in [-0.4, -0.2) is 37.7 Å². The van der Waals surface area contributed by atoms with Crippen molar-refractivity contribution in [1.82, 2.24) is 0 Å². The highest BCUT2D eigenvalue weighted by Crippen LogP contribution is 2.13. The molecule has 0 saturated heterocycles. The number of Topliss-reactive ketones (excluding diaryl/α,β-unsaturated/α-hetero) is 1. The van der Waals surface area contributed by atoms with Crippen LogP contribution in [0.5, 0.6) is 0 Å². The quantitative estimate of drug-likeness (QED) is 0.545. The second-order valence-corrected chi connectivity index (χ2v) is 8.18. The van der Waals surface area contributed by atoms with Gasteiger partial charge in [-0.3, -0.25) is 4.79 Å². The van der Waals surface area contributed by atoms with Crippen molar-refractivity contribution in [3.8, 4) is 0 Å². The number of thiophene rings is 1. The van der Waals surface area contributed by atoms with Gasteiger partial charge in [0, 0.05) is 18.4 Å². The molecule has 0 atom stereocenters. The molecule has 17 heavy (non-hydrogen) atoms. The van der Waals surface area contributed by atoms with Gasteiger partial charge in [0.15, 0.2) is 5.78 Å². The molecular weight excluding hydrogens is 276 g/mol. The van der Waals surface area contributed by atoms with Crippen LogP contribution < -0.4 is 0 Å². The molecule has 0 spiro atoms. The van der Waals surface area contributed by atoms with E-state index in [1.54, 1.807) is 11.8 Å². The van der Waals surface area contributed by atoms with Crippen molar-refractivity contribution in [2.24, 2.45) is 0 Å². The SMILES string of the molecule is CS(=O)(=O)CCSCCCC(=O)c1cccs1. The number of thioether (sulfide) groups is 1. The van der Waals surface area contributed by atoms with Gasteiger partial charge in [0.05, 0.1) is 10.6 Å². The highest BCUT2D eigenvalue weighted by molar-refractivity contribution is 8.00. The second-order valence-electron chi connectivity index (χ2n) is 3.75. The first kappa shape index (κ1) is 14.7. The van der Waals surface area contributed by atoms with Crippen molar-refractivity contribution in [3.63, 3.8) is 0 Å². The maximum absolute atomic E-state index is 11.6. The van der Waals surface area contributed by atoms with Crippen molar-refractivity contribution in [2.45, 2.75) is 12.8 Å². The lowest BCUT2D eigenvalue weighted by molar-refractivity contribution is 0.0986. The lowest BCUT2D eigenvalue weighted by Gasteiger charge is -2.00. The van der Waals surface area contributed by atoms with Crippen LogP contribution in [0.2, 0.25) is 0 Å². The molecule has 1 aromatic rings. The minimum absolute atomic E-state index is 0.184. The first-order valence-electron chi connectivity index (χ1n) is 5.31. The molecule has 0 fully saturated rings. The van der Waals surface area contributed by atoms with Gasteiger partial charge in [0.25, 0.3) is 0 Å². The van der Waals surface area contributed by atoms with E-state index < -0.39 is 9.84 Å². The summed E-state index contributed by atoms with van der Waals surface area (Å²) in [6, 6.07) is 3.71. The minimum atomic E-state index is -2.85. The molecule has 0 aliphatic heterocycles. The predicted octanol–water partition coefficient (Wildman–Crippen LogP) is 2.49. The van der Waals surface area contributed by atoms with Crippen LogP contribution >= 0.6 is 23.1 Å². The van der Waals surface area contributed by atoms with Crippen molar-refractivity contribution < 1.29 is 13.2 Å². The normalized spacial score (nSPS) is 11.6. The van der Waals surface area contributed by atoms with E-state index >= 15 is 0 Å². The average Bonchev–Trinajstić information content (AvgIpc) is 2.74. The van der Waals surface area contributed by atoms with Gasteiger partial charge in [0.1, 0.15) is 9.84 Å². The monoisotopic (exact) mass is 292 g/mol. The Hall–Kier alpha value is -0.330. The molecule has 3 nitrogen and oxygen atoms in total. The summed E-state index contributed by atoms with van der Waals surface area (Å²) in [5.41, 5.74) is 0. The fraction of sp³-hybridized carbons (Fsp3) is 0.545. The van der Waals surface area contributed by atoms with Gasteiger partial charge in [-0.15, -0.1) is 11.3 Å². The molecule has 0 aromatic carbocycles. The zero-order valence-corrected chi connectivity index (χ0v) is 12.2. The van der Waals surface area contributed by atoms with Gasteiger partial charge >= 0.3 is 0 Å². The van der Waals surface area contributed by atoms with Gasteiger partial charge in [-0.25, -0.2) is 8.42 Å². The molecule has 1 rings (SSSR count). The smallest absolute Gasteiger partial charge is 0.172 e. The van der Waals surface area contributed by atoms with E-state index in [9.17, 15) is 13.2 Å². The first-order valence-corrected chi connectivity index (χ1v) is 9.41. The molecule has 0 aliphatic rings. The molecule has 6 heteroatoms. The Kier molecular flexibility index (Phi) is 6.22. The van der Waals surface area contributed by atoms with Gasteiger partial charge in [0.2, 0.25) is 0 Å². The number of carbonyl (C=O) groups is 1. The van der Waals surface area contributed by atoms with Crippen LogP contribution in [0.25, 0.3) is 0 Å². The maximum atomic E-state index is 11.6. The maximum Gasteiger partial charge on any atom is 0.172 e. The van der Waals surface area contributed by atoms with Crippen LogP contribution in [0, 0.1) is 0 Å². The fourth-order valence-corrected chi connectivity index (χ4v) is 4.14. The standard InChI is InChI=1S/C11H16O3S3/c1-17(13,14)9-8-15-6-2-4-10(12)11-5-3-7-16-11/h3,5,7H,2,4,6,8-9H2,1H3. The molecule has 0 saturated carbocycles. The summed E-state index contributed by atoms with van der Waals surface area (Å²) in [7, 11) is -2.85. The lowest BCUT2D eigenvalue weighted by atomic mass is 10.2. The average molecular weight is 292 g/mol. The first-order chi connectivity index (χ1) is 7.99. The van der Waals surface area contributed by atoms with Crippen LogP contribution in [0.4, 0.5) is 0 Å². The zero-order chi connectivity index (χ0) is 12.7. The number of carbonyl (C=O) groups excluding carboxylic acids is 1. The number of hydrogen-bond donors (Lipinski definition) is 0. The van der Waals surface area contributed by atoms with Gasteiger partial charge in [-0.1, -0.05) is 6.07 Å². The van der Waals surface area contributed by atoms with Gasteiger partial charge in [-0.2, -0.15) is 11.8 Å². The third-order valence-electron chi connectivity index (χ3n) is 2.09. The number of rotatable bonds is 8. The van der Waals surface area contributed by atoms with Crippen molar-refractivity contribution >= 4 is 38.7 Å². The summed E-state index contributed by atoms with van der Waals surface area (Å²) in [6.07, 6.45) is 2.60. The third-order valence-corrected chi connectivity index (χ3v) is 5.27. The van der Waals surface area contributed by atoms with Gasteiger partial charge < -0.3 is 0 Å². The molecule has 1 aromatic heterocycles. The Morgan fingerprint density at radius 3 is 2.76 bits per heavy atom. The van der Waals surface area contributed by atoms with Crippen LogP contribution in [0.3, 0.4) is 0 Å². The second kappa shape index (κ2) is 7.18. The van der Waals surface area contributed by atoms with E-state index in [1.165, 1.54) is 17.6 Å². The topological polar surface area (TPSA) is 51.2 Å². The molecule has 96 valence electrons. The third kappa shape index (κ3) is 6.85. The summed E-state index contributed by atoms with van der Waals surface area (Å²) >= 11 is 3.06. The van der Waals surface area contributed by atoms with Crippen molar-refractivity contribution in [3.05, 3.63) is 22.4 Å². The summed E-state index contributed by atoms with van der Waals surface area (Å²) in [5, 5.41) is 1.90. The minimum Gasteiger partial charge on any atom is -0.293 e.